The first-order valence-electron chi connectivity index (χ1n) is 9.36. The Balaban J connectivity index is 0.00000364. The minimum absolute atomic E-state index is 0. The van der Waals surface area contributed by atoms with Gasteiger partial charge in [0.15, 0.2) is 5.96 Å². The number of aliphatic imine (C=N–C) groups is 1. The quantitative estimate of drug-likeness (QED) is 0.353. The lowest BCUT2D eigenvalue weighted by atomic mass is 10.2. The molecule has 0 saturated carbocycles. The summed E-state index contributed by atoms with van der Waals surface area (Å²) in [5, 5.41) is 7.24. The fourth-order valence-corrected chi connectivity index (χ4v) is 2.89. The van der Waals surface area contributed by atoms with E-state index in [4.69, 9.17) is 11.6 Å². The second kappa shape index (κ2) is 12.3. The Morgan fingerprint density at radius 1 is 1.19 bits per heavy atom. The lowest BCUT2D eigenvalue weighted by molar-refractivity contribution is -0.129. The predicted molar refractivity (Wildman–Crippen MR) is 125 cm³/mol. The first kappa shape index (κ1) is 23.8. The summed E-state index contributed by atoms with van der Waals surface area (Å²) in [6.45, 7) is 10.3. The second-order valence-electron chi connectivity index (χ2n) is 6.49. The highest BCUT2D eigenvalue weighted by molar-refractivity contribution is 14.0. The number of halogens is 2. The number of guanidine groups is 1. The van der Waals surface area contributed by atoms with Crippen LogP contribution in [-0.2, 0) is 4.79 Å². The number of benzene rings is 1. The number of amides is 1. The average Bonchev–Trinajstić information content (AvgIpc) is 2.66. The zero-order valence-electron chi connectivity index (χ0n) is 16.4. The van der Waals surface area contributed by atoms with Crippen molar-refractivity contribution in [2.24, 2.45) is 4.99 Å². The molecule has 2 rings (SSSR count). The van der Waals surface area contributed by atoms with Crippen LogP contribution in [0.1, 0.15) is 27.2 Å². The Kier molecular flexibility index (Phi) is 10.8. The number of anilines is 1. The van der Waals surface area contributed by atoms with Crippen LogP contribution in [-0.4, -0.2) is 62.1 Å². The van der Waals surface area contributed by atoms with E-state index in [1.807, 2.05) is 36.1 Å². The number of hydrogen-bond donors (Lipinski definition) is 2. The van der Waals surface area contributed by atoms with Gasteiger partial charge in [-0.2, -0.15) is 0 Å². The topological polar surface area (TPSA) is 60.0 Å². The van der Waals surface area contributed by atoms with E-state index in [0.29, 0.717) is 25.1 Å². The highest BCUT2D eigenvalue weighted by atomic mass is 127. The van der Waals surface area contributed by atoms with Crippen LogP contribution < -0.4 is 15.5 Å². The van der Waals surface area contributed by atoms with Crippen LogP contribution >= 0.6 is 35.6 Å². The molecule has 1 heterocycles. The standard InChI is InChI=1S/C19H30ClN5O.HI/c1-4-15(3)23-19(21-5-2)22-14-18(26)25-12-10-24(11-13-25)17-8-6-16(20)7-9-17;/h6-9,15H,4-5,10-14H2,1-3H3,(H2,21,22,23);1H. The summed E-state index contributed by atoms with van der Waals surface area (Å²) in [5.41, 5.74) is 1.15. The Morgan fingerprint density at radius 2 is 1.81 bits per heavy atom. The van der Waals surface area contributed by atoms with Gasteiger partial charge < -0.3 is 20.4 Å². The van der Waals surface area contributed by atoms with Gasteiger partial charge in [-0.05, 0) is 44.5 Å². The van der Waals surface area contributed by atoms with E-state index in [0.717, 1.165) is 36.8 Å². The summed E-state index contributed by atoms with van der Waals surface area (Å²) in [6.07, 6.45) is 1.00. The number of carbonyl (C=O) groups is 1. The van der Waals surface area contributed by atoms with Gasteiger partial charge in [-0.25, -0.2) is 4.99 Å². The van der Waals surface area contributed by atoms with Gasteiger partial charge in [-0.3, -0.25) is 4.79 Å². The molecule has 2 N–H and O–H groups in total. The molecule has 0 aromatic heterocycles. The fourth-order valence-electron chi connectivity index (χ4n) is 2.77. The molecular weight excluding hydrogens is 477 g/mol. The van der Waals surface area contributed by atoms with E-state index in [9.17, 15) is 4.79 Å². The van der Waals surface area contributed by atoms with Crippen LogP contribution in [0.3, 0.4) is 0 Å². The Labute approximate surface area is 184 Å². The highest BCUT2D eigenvalue weighted by Gasteiger charge is 2.21. The molecule has 152 valence electrons. The third-order valence-electron chi connectivity index (χ3n) is 4.54. The minimum Gasteiger partial charge on any atom is -0.368 e. The van der Waals surface area contributed by atoms with E-state index >= 15 is 0 Å². The van der Waals surface area contributed by atoms with Crippen LogP contribution in [0.15, 0.2) is 29.3 Å². The molecule has 1 aromatic carbocycles. The van der Waals surface area contributed by atoms with Crippen molar-refractivity contribution in [3.63, 3.8) is 0 Å². The van der Waals surface area contributed by atoms with Gasteiger partial charge in [0.1, 0.15) is 6.54 Å². The van der Waals surface area contributed by atoms with Crippen molar-refractivity contribution in [1.82, 2.24) is 15.5 Å². The van der Waals surface area contributed by atoms with Gasteiger partial charge >= 0.3 is 0 Å². The van der Waals surface area contributed by atoms with Crippen molar-refractivity contribution in [3.05, 3.63) is 29.3 Å². The SMILES string of the molecule is CCNC(=NCC(=O)N1CCN(c2ccc(Cl)cc2)CC1)NC(C)CC.I. The molecule has 1 amide bonds. The molecule has 1 fully saturated rings. The van der Waals surface area contributed by atoms with Crippen molar-refractivity contribution in [1.29, 1.82) is 0 Å². The van der Waals surface area contributed by atoms with E-state index in [-0.39, 0.29) is 36.4 Å². The number of piperazine rings is 1. The van der Waals surface area contributed by atoms with Crippen LogP contribution in [0.5, 0.6) is 0 Å². The molecule has 1 aliphatic heterocycles. The van der Waals surface area contributed by atoms with E-state index in [1.54, 1.807) is 0 Å². The van der Waals surface area contributed by atoms with Gasteiger partial charge in [-0.15, -0.1) is 24.0 Å². The number of nitrogens with zero attached hydrogens (tertiary/aromatic N) is 3. The summed E-state index contributed by atoms with van der Waals surface area (Å²) < 4.78 is 0. The van der Waals surface area contributed by atoms with Gasteiger partial charge in [0.2, 0.25) is 5.91 Å². The minimum atomic E-state index is 0. The molecule has 1 saturated heterocycles. The molecule has 0 aliphatic carbocycles. The van der Waals surface area contributed by atoms with Crippen LogP contribution in [0.25, 0.3) is 0 Å². The molecule has 1 aromatic rings. The summed E-state index contributed by atoms with van der Waals surface area (Å²) in [4.78, 5) is 21.1. The third kappa shape index (κ3) is 7.73. The highest BCUT2D eigenvalue weighted by Crippen LogP contribution is 2.19. The zero-order valence-corrected chi connectivity index (χ0v) is 19.5. The number of rotatable bonds is 6. The Morgan fingerprint density at radius 3 is 2.37 bits per heavy atom. The van der Waals surface area contributed by atoms with Gasteiger partial charge in [-0.1, -0.05) is 18.5 Å². The lowest BCUT2D eigenvalue weighted by Crippen LogP contribution is -2.50. The smallest absolute Gasteiger partial charge is 0.244 e. The molecule has 6 nitrogen and oxygen atoms in total. The molecule has 0 spiro atoms. The third-order valence-corrected chi connectivity index (χ3v) is 4.79. The molecule has 1 unspecified atom stereocenters. The van der Waals surface area contributed by atoms with Crippen LogP contribution in [0.2, 0.25) is 5.02 Å². The van der Waals surface area contributed by atoms with Crippen molar-refractivity contribution in [2.45, 2.75) is 33.2 Å². The molecule has 1 atom stereocenters. The molecule has 8 heteroatoms. The molecule has 1 aliphatic rings. The van der Waals surface area contributed by atoms with Gasteiger partial charge in [0.05, 0.1) is 0 Å². The number of carbonyl (C=O) groups excluding carboxylic acids is 1. The second-order valence-corrected chi connectivity index (χ2v) is 6.93. The molecule has 27 heavy (non-hydrogen) atoms. The van der Waals surface area contributed by atoms with Crippen LogP contribution in [0.4, 0.5) is 5.69 Å². The normalized spacial score (nSPS) is 15.8. The predicted octanol–water partition coefficient (Wildman–Crippen LogP) is 2.96. The maximum atomic E-state index is 12.5. The van der Waals surface area contributed by atoms with E-state index < -0.39 is 0 Å². The average molecular weight is 508 g/mol. The first-order chi connectivity index (χ1) is 12.5. The molecule has 0 bridgehead atoms. The van der Waals surface area contributed by atoms with Crippen molar-refractivity contribution >= 4 is 53.1 Å². The maximum absolute atomic E-state index is 12.5. The Hall–Kier alpha value is -1.22. The van der Waals surface area contributed by atoms with Crippen molar-refractivity contribution in [3.8, 4) is 0 Å². The van der Waals surface area contributed by atoms with Crippen LogP contribution in [0, 0.1) is 0 Å². The first-order valence-corrected chi connectivity index (χ1v) is 9.74. The lowest BCUT2D eigenvalue weighted by Gasteiger charge is -2.36. The van der Waals surface area contributed by atoms with Gasteiger partial charge in [0.25, 0.3) is 0 Å². The summed E-state index contributed by atoms with van der Waals surface area (Å²) in [7, 11) is 0. The largest absolute Gasteiger partial charge is 0.368 e. The van der Waals surface area contributed by atoms with Crippen molar-refractivity contribution < 1.29 is 4.79 Å². The van der Waals surface area contributed by atoms with Crippen molar-refractivity contribution in [2.75, 3.05) is 44.2 Å². The molecular formula is C19H31ClIN5O. The zero-order chi connectivity index (χ0) is 18.9. The molecule has 0 radical (unpaired) electrons. The fraction of sp³-hybridized carbons (Fsp3) is 0.579. The summed E-state index contributed by atoms with van der Waals surface area (Å²) in [6, 6.07) is 8.16. The van der Waals surface area contributed by atoms with E-state index in [1.165, 1.54) is 0 Å². The summed E-state index contributed by atoms with van der Waals surface area (Å²) in [5.74, 6) is 0.775. The van der Waals surface area contributed by atoms with E-state index in [2.05, 4.69) is 34.4 Å². The monoisotopic (exact) mass is 507 g/mol. The number of nitrogens with one attached hydrogen (secondary N) is 2. The number of hydrogen-bond acceptors (Lipinski definition) is 3. The Bertz CT molecular complexity index is 603. The summed E-state index contributed by atoms with van der Waals surface area (Å²) >= 11 is 5.94. The maximum Gasteiger partial charge on any atom is 0.244 e. The van der Waals surface area contributed by atoms with Gasteiger partial charge in [0, 0.05) is 49.5 Å².